The van der Waals surface area contributed by atoms with Crippen LogP contribution in [0.2, 0.25) is 0 Å². The predicted octanol–water partition coefficient (Wildman–Crippen LogP) is 3.25. The minimum Gasteiger partial charge on any atom is -0.490 e. The van der Waals surface area contributed by atoms with E-state index in [9.17, 15) is 13.2 Å². The molecule has 1 aliphatic heterocycles. The van der Waals surface area contributed by atoms with Crippen molar-refractivity contribution >= 4 is 15.9 Å². The van der Waals surface area contributed by atoms with Gasteiger partial charge < -0.3 is 19.5 Å². The number of ether oxygens (including phenoxy) is 3. The zero-order valence-corrected chi connectivity index (χ0v) is 21.1. The van der Waals surface area contributed by atoms with Gasteiger partial charge in [0.05, 0.1) is 30.3 Å². The molecule has 0 radical (unpaired) electrons. The second-order valence-electron chi connectivity index (χ2n) is 8.26. The van der Waals surface area contributed by atoms with E-state index in [0.717, 1.165) is 5.56 Å². The molecule has 8 nitrogen and oxygen atoms in total. The van der Waals surface area contributed by atoms with Crippen LogP contribution >= 0.6 is 0 Å². The summed E-state index contributed by atoms with van der Waals surface area (Å²) in [5.41, 5.74) is 1.30. The Balaban J connectivity index is 1.64. The Labute approximate surface area is 202 Å². The maximum Gasteiger partial charge on any atom is 0.251 e. The number of rotatable bonds is 10. The van der Waals surface area contributed by atoms with Crippen LogP contribution in [-0.4, -0.2) is 63.7 Å². The maximum absolute atomic E-state index is 13.1. The molecule has 1 aliphatic rings. The van der Waals surface area contributed by atoms with Crippen LogP contribution in [0.25, 0.3) is 0 Å². The van der Waals surface area contributed by atoms with Gasteiger partial charge in [-0.05, 0) is 70.0 Å². The number of morpholine rings is 1. The van der Waals surface area contributed by atoms with Crippen molar-refractivity contribution in [2.75, 3.05) is 32.8 Å². The van der Waals surface area contributed by atoms with Crippen molar-refractivity contribution < 1.29 is 27.4 Å². The van der Waals surface area contributed by atoms with Crippen LogP contribution in [0.3, 0.4) is 0 Å². The standard InChI is InChI=1S/C25H34N2O6S/c1-5-31-23-11-10-20(14-24(23)32-6-2)12-13-26-25(28)21-8-7-9-22(15-21)34(29,30)27-16-18(3)33-19(4)17-27/h7-11,14-15,18-19H,5-6,12-13,16-17H2,1-4H3,(H,26,28)/t18-,19-/m0/s1. The van der Waals surface area contributed by atoms with Crippen molar-refractivity contribution in [2.24, 2.45) is 0 Å². The first kappa shape index (κ1) is 26.0. The molecule has 1 N–H and O–H groups in total. The minimum absolute atomic E-state index is 0.106. The number of nitrogens with one attached hydrogen (secondary N) is 1. The molecule has 1 heterocycles. The highest BCUT2D eigenvalue weighted by atomic mass is 32.2. The molecule has 0 bridgehead atoms. The molecule has 0 spiro atoms. The molecule has 0 saturated carbocycles. The first-order valence-electron chi connectivity index (χ1n) is 11.7. The van der Waals surface area contributed by atoms with E-state index >= 15 is 0 Å². The van der Waals surface area contributed by atoms with Gasteiger partial charge in [-0.25, -0.2) is 8.42 Å². The van der Waals surface area contributed by atoms with Gasteiger partial charge in [-0.3, -0.25) is 4.79 Å². The monoisotopic (exact) mass is 490 g/mol. The summed E-state index contributed by atoms with van der Waals surface area (Å²) in [6.07, 6.45) is 0.228. The Hall–Kier alpha value is -2.62. The molecule has 0 aliphatic carbocycles. The van der Waals surface area contributed by atoms with E-state index in [-0.39, 0.29) is 36.1 Å². The zero-order chi connectivity index (χ0) is 24.7. The SMILES string of the molecule is CCOc1ccc(CCNC(=O)c2cccc(S(=O)(=O)N3C[C@H](C)O[C@@H](C)C3)c2)cc1OCC. The number of benzene rings is 2. The van der Waals surface area contributed by atoms with Crippen molar-refractivity contribution in [2.45, 2.75) is 51.2 Å². The summed E-state index contributed by atoms with van der Waals surface area (Å²) in [7, 11) is -3.72. The van der Waals surface area contributed by atoms with Gasteiger partial charge in [-0.1, -0.05) is 12.1 Å². The number of carbonyl (C=O) groups excluding carboxylic acids is 1. The van der Waals surface area contributed by atoms with Gasteiger partial charge in [0.15, 0.2) is 11.5 Å². The topological polar surface area (TPSA) is 94.2 Å². The van der Waals surface area contributed by atoms with Crippen LogP contribution in [0, 0.1) is 0 Å². The molecule has 2 aromatic rings. The third kappa shape index (κ3) is 6.49. The van der Waals surface area contributed by atoms with Gasteiger partial charge in [-0.2, -0.15) is 4.31 Å². The summed E-state index contributed by atoms with van der Waals surface area (Å²) in [5, 5.41) is 2.87. The van der Waals surface area contributed by atoms with Crippen LogP contribution in [0.4, 0.5) is 0 Å². The fourth-order valence-electron chi connectivity index (χ4n) is 3.95. The highest BCUT2D eigenvalue weighted by Crippen LogP contribution is 2.28. The molecule has 9 heteroatoms. The second kappa shape index (κ2) is 11.7. The van der Waals surface area contributed by atoms with Gasteiger partial charge in [0.1, 0.15) is 0 Å². The number of hydrogen-bond acceptors (Lipinski definition) is 6. The fraction of sp³-hybridized carbons (Fsp3) is 0.480. The molecule has 1 saturated heterocycles. The van der Waals surface area contributed by atoms with Gasteiger partial charge >= 0.3 is 0 Å². The van der Waals surface area contributed by atoms with E-state index < -0.39 is 10.0 Å². The number of hydrogen-bond donors (Lipinski definition) is 1. The lowest BCUT2D eigenvalue weighted by Gasteiger charge is -2.34. The van der Waals surface area contributed by atoms with Crippen molar-refractivity contribution in [1.82, 2.24) is 9.62 Å². The van der Waals surface area contributed by atoms with Crippen molar-refractivity contribution in [1.29, 1.82) is 0 Å². The lowest BCUT2D eigenvalue weighted by molar-refractivity contribution is -0.0440. The van der Waals surface area contributed by atoms with E-state index in [1.165, 1.54) is 16.4 Å². The molecule has 3 rings (SSSR count). The Morgan fingerprint density at radius 3 is 2.38 bits per heavy atom. The van der Waals surface area contributed by atoms with Crippen molar-refractivity contribution in [3.05, 3.63) is 53.6 Å². The van der Waals surface area contributed by atoms with Crippen LogP contribution in [0.1, 0.15) is 43.6 Å². The smallest absolute Gasteiger partial charge is 0.251 e. The summed E-state index contributed by atoms with van der Waals surface area (Å²) in [5.74, 6) is 1.05. The molecule has 2 aromatic carbocycles. The molecule has 2 atom stereocenters. The van der Waals surface area contributed by atoms with E-state index in [4.69, 9.17) is 14.2 Å². The predicted molar refractivity (Wildman–Crippen MR) is 130 cm³/mol. The summed E-state index contributed by atoms with van der Waals surface area (Å²) >= 11 is 0. The number of carbonyl (C=O) groups is 1. The quantitative estimate of drug-likeness (QED) is 0.550. The highest BCUT2D eigenvalue weighted by Gasteiger charge is 2.32. The molecule has 186 valence electrons. The molecule has 0 aromatic heterocycles. The van der Waals surface area contributed by atoms with Gasteiger partial charge in [0.25, 0.3) is 5.91 Å². The molecule has 34 heavy (non-hydrogen) atoms. The van der Waals surface area contributed by atoms with E-state index in [1.807, 2.05) is 45.9 Å². The summed E-state index contributed by atoms with van der Waals surface area (Å²) in [4.78, 5) is 12.8. The molecule has 0 unspecified atom stereocenters. The molecule has 1 amide bonds. The van der Waals surface area contributed by atoms with E-state index in [2.05, 4.69) is 5.32 Å². The Morgan fingerprint density at radius 1 is 1.03 bits per heavy atom. The van der Waals surface area contributed by atoms with E-state index in [0.29, 0.717) is 43.2 Å². The first-order valence-corrected chi connectivity index (χ1v) is 13.1. The van der Waals surface area contributed by atoms with Crippen LogP contribution in [0.5, 0.6) is 11.5 Å². The fourth-order valence-corrected chi connectivity index (χ4v) is 5.58. The number of amides is 1. The first-order chi connectivity index (χ1) is 16.2. The molecule has 1 fully saturated rings. The molecular weight excluding hydrogens is 456 g/mol. The largest absolute Gasteiger partial charge is 0.490 e. The Bertz CT molecular complexity index is 1080. The van der Waals surface area contributed by atoms with Gasteiger partial charge in [0.2, 0.25) is 10.0 Å². The lowest BCUT2D eigenvalue weighted by atomic mass is 10.1. The van der Waals surface area contributed by atoms with Crippen molar-refractivity contribution in [3.63, 3.8) is 0 Å². The Kier molecular flexibility index (Phi) is 8.93. The second-order valence-corrected chi connectivity index (χ2v) is 10.2. The zero-order valence-electron chi connectivity index (χ0n) is 20.2. The van der Waals surface area contributed by atoms with Crippen LogP contribution in [-0.2, 0) is 21.2 Å². The summed E-state index contributed by atoms with van der Waals surface area (Å²) < 4.78 is 44.6. The van der Waals surface area contributed by atoms with Gasteiger partial charge in [-0.15, -0.1) is 0 Å². The average molecular weight is 491 g/mol. The minimum atomic E-state index is -3.72. The van der Waals surface area contributed by atoms with Crippen LogP contribution in [0.15, 0.2) is 47.4 Å². The number of sulfonamides is 1. The summed E-state index contributed by atoms with van der Waals surface area (Å²) in [6, 6.07) is 11.9. The molecular formula is C25H34N2O6S. The third-order valence-electron chi connectivity index (χ3n) is 5.43. The normalized spacial score (nSPS) is 18.9. The highest BCUT2D eigenvalue weighted by molar-refractivity contribution is 7.89. The summed E-state index contributed by atoms with van der Waals surface area (Å²) in [6.45, 7) is 9.58. The van der Waals surface area contributed by atoms with E-state index in [1.54, 1.807) is 12.1 Å². The van der Waals surface area contributed by atoms with Crippen molar-refractivity contribution in [3.8, 4) is 11.5 Å². The van der Waals surface area contributed by atoms with Gasteiger partial charge in [0, 0.05) is 25.2 Å². The maximum atomic E-state index is 13.1. The lowest BCUT2D eigenvalue weighted by Crippen LogP contribution is -2.48. The van der Waals surface area contributed by atoms with Crippen LogP contribution < -0.4 is 14.8 Å². The number of nitrogens with zero attached hydrogens (tertiary/aromatic N) is 1. The average Bonchev–Trinajstić information content (AvgIpc) is 2.80. The Morgan fingerprint density at radius 2 is 1.71 bits per heavy atom. The third-order valence-corrected chi connectivity index (χ3v) is 7.25.